The Bertz CT molecular complexity index is 273. The standard InChI is InChI=1S/C12H23N3O2/c1-14-10(16)5-8-15-11(17)12(9-13)6-3-2-4-7-12/h2-9,13H2,1H3,(H,14,16)(H,15,17). The van der Waals surface area contributed by atoms with Gasteiger partial charge in [-0.15, -0.1) is 0 Å². The van der Waals surface area contributed by atoms with E-state index in [-0.39, 0.29) is 17.2 Å². The van der Waals surface area contributed by atoms with Crippen LogP contribution in [0.2, 0.25) is 0 Å². The second-order valence-corrected chi connectivity index (χ2v) is 4.72. The van der Waals surface area contributed by atoms with Crippen LogP contribution in [-0.2, 0) is 9.59 Å². The zero-order valence-corrected chi connectivity index (χ0v) is 10.6. The summed E-state index contributed by atoms with van der Waals surface area (Å²) in [5, 5.41) is 5.36. The molecular weight excluding hydrogens is 218 g/mol. The lowest BCUT2D eigenvalue weighted by Gasteiger charge is -2.34. The third-order valence-electron chi connectivity index (χ3n) is 3.60. The van der Waals surface area contributed by atoms with Gasteiger partial charge in [0.05, 0.1) is 5.41 Å². The van der Waals surface area contributed by atoms with Crippen molar-refractivity contribution in [3.8, 4) is 0 Å². The number of hydrogen-bond donors (Lipinski definition) is 3. The monoisotopic (exact) mass is 241 g/mol. The molecule has 98 valence electrons. The molecule has 0 bridgehead atoms. The Kier molecular flexibility index (Phi) is 5.41. The molecule has 1 rings (SSSR count). The fraction of sp³-hybridized carbons (Fsp3) is 0.833. The van der Waals surface area contributed by atoms with E-state index in [1.807, 2.05) is 0 Å². The summed E-state index contributed by atoms with van der Waals surface area (Å²) in [6.07, 6.45) is 5.39. The van der Waals surface area contributed by atoms with E-state index in [4.69, 9.17) is 5.73 Å². The predicted octanol–water partition coefficient (Wildman–Crippen LogP) is 0.148. The van der Waals surface area contributed by atoms with Gasteiger partial charge >= 0.3 is 0 Å². The van der Waals surface area contributed by atoms with Crippen LogP contribution >= 0.6 is 0 Å². The van der Waals surface area contributed by atoms with Crippen molar-refractivity contribution < 1.29 is 9.59 Å². The van der Waals surface area contributed by atoms with Crippen molar-refractivity contribution in [2.45, 2.75) is 38.5 Å². The molecule has 5 heteroatoms. The molecule has 0 aromatic rings. The van der Waals surface area contributed by atoms with Crippen molar-refractivity contribution in [1.29, 1.82) is 0 Å². The Labute approximate surface area is 103 Å². The Hall–Kier alpha value is -1.10. The van der Waals surface area contributed by atoms with Crippen molar-refractivity contribution >= 4 is 11.8 Å². The summed E-state index contributed by atoms with van der Waals surface area (Å²) in [4.78, 5) is 23.1. The van der Waals surface area contributed by atoms with Gasteiger partial charge in [-0.2, -0.15) is 0 Å². The summed E-state index contributed by atoms with van der Waals surface area (Å²) >= 11 is 0. The first-order valence-electron chi connectivity index (χ1n) is 6.33. The van der Waals surface area contributed by atoms with Crippen LogP contribution in [0, 0.1) is 5.41 Å². The van der Waals surface area contributed by atoms with Crippen LogP contribution in [0.25, 0.3) is 0 Å². The Morgan fingerprint density at radius 2 is 1.88 bits per heavy atom. The van der Waals surface area contributed by atoms with Crippen LogP contribution in [0.1, 0.15) is 38.5 Å². The van der Waals surface area contributed by atoms with Gasteiger partial charge in [0.1, 0.15) is 0 Å². The molecule has 0 aromatic heterocycles. The van der Waals surface area contributed by atoms with Crippen LogP contribution in [0.3, 0.4) is 0 Å². The molecule has 1 fully saturated rings. The summed E-state index contributed by atoms with van der Waals surface area (Å²) in [5.41, 5.74) is 5.37. The summed E-state index contributed by atoms with van der Waals surface area (Å²) in [7, 11) is 1.59. The zero-order chi connectivity index (χ0) is 12.7. The van der Waals surface area contributed by atoms with Gasteiger partial charge in [-0.1, -0.05) is 19.3 Å². The first-order chi connectivity index (χ1) is 8.14. The van der Waals surface area contributed by atoms with E-state index in [2.05, 4.69) is 10.6 Å². The van der Waals surface area contributed by atoms with E-state index in [0.29, 0.717) is 19.5 Å². The Balaban J connectivity index is 2.41. The third kappa shape index (κ3) is 3.70. The summed E-state index contributed by atoms with van der Waals surface area (Å²) in [6.45, 7) is 0.791. The lowest BCUT2D eigenvalue weighted by Crippen LogP contribution is -2.47. The number of carbonyl (C=O) groups is 2. The molecule has 5 nitrogen and oxygen atoms in total. The van der Waals surface area contributed by atoms with Crippen molar-refractivity contribution in [1.82, 2.24) is 10.6 Å². The molecule has 0 aliphatic heterocycles. The quantitative estimate of drug-likeness (QED) is 0.640. The van der Waals surface area contributed by atoms with E-state index >= 15 is 0 Å². The van der Waals surface area contributed by atoms with Gasteiger partial charge in [-0.05, 0) is 12.8 Å². The minimum Gasteiger partial charge on any atom is -0.359 e. The highest BCUT2D eigenvalue weighted by Crippen LogP contribution is 2.35. The van der Waals surface area contributed by atoms with Crippen molar-refractivity contribution in [3.05, 3.63) is 0 Å². The first kappa shape index (κ1) is 14.0. The molecule has 0 heterocycles. The second kappa shape index (κ2) is 6.59. The lowest BCUT2D eigenvalue weighted by molar-refractivity contribution is -0.132. The number of amides is 2. The molecule has 1 saturated carbocycles. The minimum absolute atomic E-state index is 0.0172. The highest BCUT2D eigenvalue weighted by Gasteiger charge is 2.37. The van der Waals surface area contributed by atoms with Crippen LogP contribution in [0.15, 0.2) is 0 Å². The van der Waals surface area contributed by atoms with E-state index in [9.17, 15) is 9.59 Å². The molecule has 0 unspecified atom stereocenters. The topological polar surface area (TPSA) is 84.2 Å². The number of nitrogens with one attached hydrogen (secondary N) is 2. The summed E-state index contributed by atoms with van der Waals surface area (Å²) < 4.78 is 0. The molecule has 1 aliphatic carbocycles. The largest absolute Gasteiger partial charge is 0.359 e. The van der Waals surface area contributed by atoms with Gasteiger partial charge in [0.15, 0.2) is 0 Å². The third-order valence-corrected chi connectivity index (χ3v) is 3.60. The number of carbonyl (C=O) groups excluding carboxylic acids is 2. The molecular formula is C12H23N3O2. The fourth-order valence-electron chi connectivity index (χ4n) is 2.35. The van der Waals surface area contributed by atoms with Crippen molar-refractivity contribution in [2.75, 3.05) is 20.1 Å². The number of hydrogen-bond acceptors (Lipinski definition) is 3. The Morgan fingerprint density at radius 1 is 1.24 bits per heavy atom. The maximum atomic E-state index is 12.1. The first-order valence-corrected chi connectivity index (χ1v) is 6.33. The molecule has 17 heavy (non-hydrogen) atoms. The Morgan fingerprint density at radius 3 is 2.41 bits per heavy atom. The van der Waals surface area contributed by atoms with E-state index in [1.165, 1.54) is 6.42 Å². The van der Waals surface area contributed by atoms with Crippen molar-refractivity contribution in [3.63, 3.8) is 0 Å². The molecule has 2 amide bonds. The normalized spacial score (nSPS) is 18.5. The van der Waals surface area contributed by atoms with Gasteiger partial charge in [-0.3, -0.25) is 9.59 Å². The maximum absolute atomic E-state index is 12.1. The highest BCUT2D eigenvalue weighted by atomic mass is 16.2. The average molecular weight is 241 g/mol. The molecule has 0 aromatic carbocycles. The molecule has 0 spiro atoms. The van der Waals surface area contributed by atoms with Crippen LogP contribution in [-0.4, -0.2) is 32.0 Å². The molecule has 4 N–H and O–H groups in total. The summed E-state index contributed by atoms with van der Waals surface area (Å²) in [6, 6.07) is 0. The predicted molar refractivity (Wildman–Crippen MR) is 66.3 cm³/mol. The lowest BCUT2D eigenvalue weighted by atomic mass is 9.73. The van der Waals surface area contributed by atoms with Crippen LogP contribution in [0.5, 0.6) is 0 Å². The van der Waals surface area contributed by atoms with Crippen LogP contribution < -0.4 is 16.4 Å². The van der Waals surface area contributed by atoms with E-state index in [0.717, 1.165) is 25.7 Å². The molecule has 1 aliphatic rings. The highest BCUT2D eigenvalue weighted by molar-refractivity contribution is 5.83. The minimum atomic E-state index is -0.388. The van der Waals surface area contributed by atoms with E-state index < -0.39 is 0 Å². The van der Waals surface area contributed by atoms with Gasteiger partial charge in [-0.25, -0.2) is 0 Å². The summed E-state index contributed by atoms with van der Waals surface area (Å²) in [5.74, 6) is -0.0423. The second-order valence-electron chi connectivity index (χ2n) is 4.72. The maximum Gasteiger partial charge on any atom is 0.227 e. The smallest absolute Gasteiger partial charge is 0.227 e. The molecule has 0 atom stereocenters. The van der Waals surface area contributed by atoms with Gasteiger partial charge in [0.2, 0.25) is 11.8 Å². The van der Waals surface area contributed by atoms with Gasteiger partial charge in [0, 0.05) is 26.6 Å². The number of rotatable bonds is 5. The zero-order valence-electron chi connectivity index (χ0n) is 10.6. The number of nitrogens with two attached hydrogens (primary N) is 1. The average Bonchev–Trinajstić information content (AvgIpc) is 2.39. The molecule has 0 saturated heterocycles. The van der Waals surface area contributed by atoms with Gasteiger partial charge < -0.3 is 16.4 Å². The van der Waals surface area contributed by atoms with Crippen LogP contribution in [0.4, 0.5) is 0 Å². The van der Waals surface area contributed by atoms with Gasteiger partial charge in [0.25, 0.3) is 0 Å². The van der Waals surface area contributed by atoms with Crippen molar-refractivity contribution in [2.24, 2.45) is 11.1 Å². The fourth-order valence-corrected chi connectivity index (χ4v) is 2.35. The van der Waals surface area contributed by atoms with E-state index in [1.54, 1.807) is 7.05 Å². The molecule has 0 radical (unpaired) electrons. The SMILES string of the molecule is CNC(=O)CCNC(=O)C1(CN)CCCCC1.